The number of rotatable bonds is 36. The van der Waals surface area contributed by atoms with Gasteiger partial charge in [0.2, 0.25) is 0 Å². The number of nitrogens with zero attached hydrogens (tertiary/aromatic N) is 2. The van der Waals surface area contributed by atoms with Gasteiger partial charge in [0.05, 0.1) is 97.9 Å². The summed E-state index contributed by atoms with van der Waals surface area (Å²) in [6.07, 6.45) is 12.8. The van der Waals surface area contributed by atoms with E-state index in [4.69, 9.17) is 141 Å². The van der Waals surface area contributed by atoms with Crippen molar-refractivity contribution in [2.24, 2.45) is 0 Å². The van der Waals surface area contributed by atoms with Crippen LogP contribution in [-0.4, -0.2) is 120 Å². The molecule has 0 unspecified atom stereocenters. The lowest BCUT2D eigenvalue weighted by Gasteiger charge is -2.18. The maximum Gasteiger partial charge on any atom is 0.131 e. The molecule has 4 aromatic carbocycles. The predicted molar refractivity (Wildman–Crippen MR) is 367 cm³/mol. The number of hydrogen-bond donors (Lipinski definition) is 2. The second-order valence-electron chi connectivity index (χ2n) is 20.1. The van der Waals surface area contributed by atoms with Crippen LogP contribution in [0.2, 0.25) is 0 Å². The standard InChI is InChI=1S/C68H70Cl8N4O8/c69-29-5-37-81-53-13-1-14-54(82-38-6-30-70)65(53)61-45-21-23-47(77-45)62(66-55(83-39-7-31-71)15-2-16-56(66)84-40-8-32-72)49-25-27-51(79-49)64(68-59(87-43-11-35-75)19-4-20-60(68)88-44-12-36-76)52-28-26-50(80-52)63(48-24-22-46(61)78-48)67-57(85-41-9-33-73)17-3-18-58(67)86-42-10-34-74/h1-4,13-28,77,80H,5-12,29-44H2. The molecule has 0 saturated carbocycles. The Hall–Kier alpha value is -5.80. The van der Waals surface area contributed by atoms with Crippen molar-refractivity contribution in [3.05, 3.63) is 120 Å². The summed E-state index contributed by atoms with van der Waals surface area (Å²) in [5.74, 6) is 7.72. The third kappa shape index (κ3) is 16.6. The predicted octanol–water partition coefficient (Wildman–Crippen LogP) is 19.4. The number of H-pyrrole nitrogens is 2. The molecule has 2 aliphatic heterocycles. The van der Waals surface area contributed by atoms with Gasteiger partial charge < -0.3 is 47.9 Å². The normalized spacial score (nSPS) is 11.7. The van der Waals surface area contributed by atoms with Gasteiger partial charge in [0.1, 0.15) is 46.0 Å². The number of nitrogens with one attached hydrogen (secondary N) is 2. The van der Waals surface area contributed by atoms with Crippen LogP contribution in [0.5, 0.6) is 46.0 Å². The molecule has 0 atom stereocenters. The van der Waals surface area contributed by atoms with Gasteiger partial charge in [0.25, 0.3) is 0 Å². The quantitative estimate of drug-likeness (QED) is 0.0289. The lowest BCUT2D eigenvalue weighted by atomic mass is 10.0. The van der Waals surface area contributed by atoms with Crippen LogP contribution in [0.1, 0.15) is 74.1 Å². The van der Waals surface area contributed by atoms with E-state index in [9.17, 15) is 0 Å². The highest BCUT2D eigenvalue weighted by Gasteiger charge is 2.28. The zero-order valence-electron chi connectivity index (χ0n) is 48.7. The van der Waals surface area contributed by atoms with Crippen LogP contribution < -0.4 is 37.9 Å². The average molecular weight is 1350 g/mol. The summed E-state index contributed by atoms with van der Waals surface area (Å²) in [6.45, 7) is 2.70. The Kier molecular flexibility index (Phi) is 26.5. The van der Waals surface area contributed by atoms with Crippen molar-refractivity contribution in [2.75, 3.05) is 99.9 Å². The van der Waals surface area contributed by atoms with E-state index in [0.717, 1.165) is 0 Å². The van der Waals surface area contributed by atoms with Gasteiger partial charge in [-0.1, -0.05) is 24.3 Å². The molecule has 466 valence electrons. The molecule has 20 heteroatoms. The first-order valence-corrected chi connectivity index (χ1v) is 33.9. The van der Waals surface area contributed by atoms with Gasteiger partial charge >= 0.3 is 0 Å². The van der Waals surface area contributed by atoms with Crippen LogP contribution in [0.3, 0.4) is 0 Å². The number of alkyl halides is 8. The van der Waals surface area contributed by atoms with Crippen molar-refractivity contribution in [2.45, 2.75) is 51.4 Å². The van der Waals surface area contributed by atoms with Crippen molar-refractivity contribution < 1.29 is 37.9 Å². The number of benzene rings is 4. The second-order valence-corrected chi connectivity index (χ2v) is 23.2. The molecule has 12 nitrogen and oxygen atoms in total. The fourth-order valence-corrected chi connectivity index (χ4v) is 11.0. The summed E-state index contributed by atoms with van der Waals surface area (Å²) in [7, 11) is 0. The third-order valence-electron chi connectivity index (χ3n) is 14.0. The summed E-state index contributed by atoms with van der Waals surface area (Å²) < 4.78 is 53.5. The van der Waals surface area contributed by atoms with Gasteiger partial charge in [-0.05, 0) is 148 Å². The Labute approximate surface area is 554 Å². The molecule has 0 fully saturated rings. The molecule has 9 rings (SSSR count). The number of aromatic amines is 2. The van der Waals surface area contributed by atoms with Crippen molar-refractivity contribution in [1.29, 1.82) is 0 Å². The van der Waals surface area contributed by atoms with Gasteiger partial charge in [-0.25, -0.2) is 9.97 Å². The second kappa shape index (κ2) is 35.0. The number of fused-ring (bicyclic) bond motifs is 8. The fraction of sp³-hybridized carbons (Fsp3) is 0.353. The van der Waals surface area contributed by atoms with Gasteiger partial charge in [-0.2, -0.15) is 0 Å². The molecule has 0 spiro atoms. The Bertz CT molecular complexity index is 3090. The molecule has 2 N–H and O–H groups in total. The maximum absolute atomic E-state index is 6.69. The maximum atomic E-state index is 6.69. The van der Waals surface area contributed by atoms with Gasteiger partial charge in [-0.15, -0.1) is 92.8 Å². The monoisotopic (exact) mass is 1350 g/mol. The summed E-state index contributed by atoms with van der Waals surface area (Å²) in [5.41, 5.74) is 10.3. The Balaban J connectivity index is 1.52. The van der Waals surface area contributed by atoms with Crippen molar-refractivity contribution >= 4 is 139 Å². The number of halogens is 8. The highest BCUT2D eigenvalue weighted by Crippen LogP contribution is 2.50. The molecule has 2 aliphatic rings. The molecule has 0 amide bonds. The highest BCUT2D eigenvalue weighted by molar-refractivity contribution is 6.19. The largest absolute Gasteiger partial charge is 0.493 e. The third-order valence-corrected chi connectivity index (χ3v) is 16.1. The van der Waals surface area contributed by atoms with Crippen LogP contribution >= 0.6 is 92.8 Å². The van der Waals surface area contributed by atoms with E-state index in [-0.39, 0.29) is 0 Å². The topological polar surface area (TPSA) is 131 Å². The first kappa shape index (κ1) is 66.6. The van der Waals surface area contributed by atoms with E-state index < -0.39 is 0 Å². The molecule has 8 bridgehead atoms. The van der Waals surface area contributed by atoms with E-state index in [2.05, 4.69) is 9.97 Å². The number of aromatic nitrogens is 4. The summed E-state index contributed by atoms with van der Waals surface area (Å²) in [4.78, 5) is 19.2. The van der Waals surface area contributed by atoms with Crippen molar-refractivity contribution in [1.82, 2.24) is 19.9 Å². The molecule has 0 radical (unpaired) electrons. The van der Waals surface area contributed by atoms with E-state index in [1.54, 1.807) is 0 Å². The van der Waals surface area contributed by atoms with E-state index in [0.29, 0.717) is 287 Å². The summed E-state index contributed by atoms with van der Waals surface area (Å²) in [5, 5.41) is 0. The van der Waals surface area contributed by atoms with Crippen LogP contribution in [0.4, 0.5) is 0 Å². The van der Waals surface area contributed by atoms with Crippen LogP contribution in [-0.2, 0) is 0 Å². The number of ether oxygens (including phenoxy) is 8. The first-order chi connectivity index (χ1) is 43.4. The van der Waals surface area contributed by atoms with Gasteiger partial charge in [-0.3, -0.25) is 0 Å². The molecule has 88 heavy (non-hydrogen) atoms. The van der Waals surface area contributed by atoms with E-state index >= 15 is 0 Å². The molecule has 0 aliphatic carbocycles. The Morgan fingerprint density at radius 2 is 0.409 bits per heavy atom. The van der Waals surface area contributed by atoms with Gasteiger partial charge in [0.15, 0.2) is 0 Å². The van der Waals surface area contributed by atoms with Crippen LogP contribution in [0.25, 0.3) is 90.9 Å². The molecular weight excluding hydrogens is 1280 g/mol. The average Bonchev–Trinajstić information content (AvgIpc) is 2.76. The first-order valence-electron chi connectivity index (χ1n) is 29.6. The molecule has 0 saturated heterocycles. The Morgan fingerprint density at radius 3 is 0.568 bits per heavy atom. The smallest absolute Gasteiger partial charge is 0.131 e. The molecule has 5 heterocycles. The van der Waals surface area contributed by atoms with E-state index in [1.165, 1.54) is 0 Å². The van der Waals surface area contributed by atoms with E-state index in [1.807, 2.05) is 121 Å². The van der Waals surface area contributed by atoms with Crippen molar-refractivity contribution in [3.63, 3.8) is 0 Å². The minimum atomic E-state index is 0.338. The lowest BCUT2D eigenvalue weighted by Crippen LogP contribution is -2.05. The minimum Gasteiger partial charge on any atom is -0.493 e. The lowest BCUT2D eigenvalue weighted by molar-refractivity contribution is 0.304. The molecule has 7 aromatic rings. The zero-order chi connectivity index (χ0) is 61.5. The summed E-state index contributed by atoms with van der Waals surface area (Å²) >= 11 is 50.4. The highest BCUT2D eigenvalue weighted by atomic mass is 35.5. The summed E-state index contributed by atoms with van der Waals surface area (Å²) in [6, 6.07) is 31.3. The number of hydrogen-bond acceptors (Lipinski definition) is 10. The minimum absolute atomic E-state index is 0.338. The Morgan fingerprint density at radius 1 is 0.239 bits per heavy atom. The zero-order valence-corrected chi connectivity index (χ0v) is 54.7. The van der Waals surface area contributed by atoms with Crippen molar-refractivity contribution in [3.8, 4) is 90.5 Å². The fourth-order valence-electron chi connectivity index (χ4n) is 10.1. The molecule has 3 aromatic heterocycles. The SMILES string of the molecule is ClCCCOc1cccc(OCCCCl)c1-c1c2nc(c(-c3c(OCCCCl)cccc3OCCCCl)c3ccc([nH]3)c(-c3c(OCCCCl)cccc3OCCCCl)c3nc(c(-c4c(OCCCCl)cccc4OCCCCl)c4ccc1[nH]4)C=C3)C=C2. The molecular formula is C68H70Cl8N4O8. The van der Waals surface area contributed by atoms with Crippen LogP contribution in [0.15, 0.2) is 97.1 Å². The van der Waals surface area contributed by atoms with Crippen LogP contribution in [0, 0.1) is 0 Å². The van der Waals surface area contributed by atoms with Gasteiger partial charge in [0, 0.05) is 91.4 Å².